The number of primary amides is 1. The van der Waals surface area contributed by atoms with Gasteiger partial charge in [-0.3, -0.25) is 9.89 Å². The third-order valence-corrected chi connectivity index (χ3v) is 5.39. The molecule has 1 amide bonds. The molecule has 0 saturated carbocycles. The number of aromatic amines is 1. The number of nitrogens with two attached hydrogens (primary N) is 1. The van der Waals surface area contributed by atoms with E-state index >= 15 is 0 Å². The summed E-state index contributed by atoms with van der Waals surface area (Å²) in [6.45, 7) is 8.30. The molecule has 2 aromatic heterocycles. The van der Waals surface area contributed by atoms with E-state index in [0.29, 0.717) is 11.2 Å². The van der Waals surface area contributed by atoms with E-state index in [0.717, 1.165) is 39.3 Å². The highest BCUT2D eigenvalue weighted by Gasteiger charge is 2.17. The predicted molar refractivity (Wildman–Crippen MR) is 127 cm³/mol. The minimum absolute atomic E-state index is 0.250. The molecule has 0 aliphatic heterocycles. The van der Waals surface area contributed by atoms with Crippen molar-refractivity contribution in [1.29, 1.82) is 0 Å². The van der Waals surface area contributed by atoms with E-state index in [1.165, 1.54) is 0 Å². The van der Waals surface area contributed by atoms with Crippen molar-refractivity contribution in [3.63, 3.8) is 0 Å². The van der Waals surface area contributed by atoms with Gasteiger partial charge in [-0.1, -0.05) is 0 Å². The van der Waals surface area contributed by atoms with Crippen molar-refractivity contribution >= 4 is 41.3 Å². The van der Waals surface area contributed by atoms with Crippen LogP contribution in [0.1, 0.15) is 25.1 Å². The van der Waals surface area contributed by atoms with Gasteiger partial charge in [0.2, 0.25) is 6.41 Å². The number of aromatic nitrogens is 4. The van der Waals surface area contributed by atoms with Crippen LogP contribution in [0.15, 0.2) is 40.4 Å². The minimum atomic E-state index is 0.250. The average molecular weight is 443 g/mol. The van der Waals surface area contributed by atoms with Gasteiger partial charge in [0.15, 0.2) is 11.0 Å². The molecule has 0 aliphatic rings. The van der Waals surface area contributed by atoms with Gasteiger partial charge in [0, 0.05) is 48.0 Å². The zero-order valence-electron chi connectivity index (χ0n) is 18.7. The number of hydrogen-bond donors (Lipinski definition) is 4. The fraction of sp³-hybridized carbons (Fsp3) is 0.333. The Kier molecular flexibility index (Phi) is 8.68. The van der Waals surface area contributed by atoms with Crippen molar-refractivity contribution in [2.75, 3.05) is 29.6 Å². The molecule has 5 N–H and O–H groups in total. The van der Waals surface area contributed by atoms with Crippen LogP contribution in [0.4, 0.5) is 23.1 Å². The van der Waals surface area contributed by atoms with Crippen molar-refractivity contribution in [2.45, 2.75) is 43.8 Å². The Morgan fingerprint density at radius 2 is 1.84 bits per heavy atom. The molecule has 10 heteroatoms. The van der Waals surface area contributed by atoms with Gasteiger partial charge in [0.25, 0.3) is 0 Å². The van der Waals surface area contributed by atoms with Crippen LogP contribution in [0.3, 0.4) is 0 Å². The first-order chi connectivity index (χ1) is 14.8. The van der Waals surface area contributed by atoms with Gasteiger partial charge in [-0.25, -0.2) is 9.97 Å². The van der Waals surface area contributed by atoms with Gasteiger partial charge in [0.05, 0.1) is 0 Å². The first-order valence-corrected chi connectivity index (χ1v) is 10.6. The second kappa shape index (κ2) is 11.2. The summed E-state index contributed by atoms with van der Waals surface area (Å²) in [5.74, 6) is 2.42. The number of amides is 1. The number of aryl methyl sites for hydroxylation is 1. The maximum absolute atomic E-state index is 8.58. The molecule has 0 aliphatic carbocycles. The van der Waals surface area contributed by atoms with Crippen LogP contribution >= 0.6 is 11.8 Å². The Hall–Kier alpha value is -3.27. The average Bonchev–Trinajstić information content (AvgIpc) is 3.15. The Morgan fingerprint density at radius 1 is 1.19 bits per heavy atom. The number of carbonyl (C=O) groups is 1. The summed E-state index contributed by atoms with van der Waals surface area (Å²) in [6, 6.07) is 10.5. The molecule has 0 bridgehead atoms. The molecule has 0 unspecified atom stereocenters. The molecule has 3 rings (SSSR count). The van der Waals surface area contributed by atoms with E-state index in [9.17, 15) is 0 Å². The summed E-state index contributed by atoms with van der Waals surface area (Å²) in [6.07, 6.45) is 0.250. The number of carbonyl (C=O) groups excluding carboxylic acids is 1. The van der Waals surface area contributed by atoms with Crippen LogP contribution in [-0.2, 0) is 4.79 Å². The first-order valence-electron chi connectivity index (χ1n) is 9.80. The van der Waals surface area contributed by atoms with Crippen LogP contribution in [0, 0.1) is 13.8 Å². The molecule has 0 saturated heterocycles. The van der Waals surface area contributed by atoms with Crippen LogP contribution in [-0.4, -0.2) is 46.7 Å². The monoisotopic (exact) mass is 442 g/mol. The van der Waals surface area contributed by atoms with Crippen molar-refractivity contribution in [1.82, 2.24) is 20.2 Å². The van der Waals surface area contributed by atoms with Gasteiger partial charge in [-0.15, -0.1) is 0 Å². The van der Waals surface area contributed by atoms with E-state index in [1.807, 2.05) is 39.1 Å². The van der Waals surface area contributed by atoms with Crippen LogP contribution in [0.2, 0.25) is 0 Å². The summed E-state index contributed by atoms with van der Waals surface area (Å²) in [7, 11) is 3.96. The predicted octanol–water partition coefficient (Wildman–Crippen LogP) is 3.70. The number of benzene rings is 1. The molecule has 0 spiro atoms. The zero-order chi connectivity index (χ0) is 23.0. The van der Waals surface area contributed by atoms with E-state index in [1.54, 1.807) is 11.8 Å². The molecule has 31 heavy (non-hydrogen) atoms. The van der Waals surface area contributed by atoms with Crippen molar-refractivity contribution in [3.8, 4) is 0 Å². The molecule has 1 aromatic carbocycles. The van der Waals surface area contributed by atoms with Gasteiger partial charge < -0.3 is 21.3 Å². The summed E-state index contributed by atoms with van der Waals surface area (Å²) in [5, 5.41) is 14.4. The lowest BCUT2D eigenvalue weighted by Crippen LogP contribution is -2.28. The van der Waals surface area contributed by atoms with Crippen molar-refractivity contribution in [2.24, 2.45) is 5.73 Å². The normalized spacial score (nSPS) is 10.3. The number of nitrogens with zero attached hydrogens (tertiary/aromatic N) is 4. The summed E-state index contributed by atoms with van der Waals surface area (Å²) < 4.78 is 0. The molecule has 0 atom stereocenters. The molecule has 9 nitrogen and oxygen atoms in total. The fourth-order valence-corrected chi connectivity index (χ4v) is 3.39. The molecular formula is C21H30N8OS. The lowest BCUT2D eigenvalue weighted by atomic mass is 10.2. The summed E-state index contributed by atoms with van der Waals surface area (Å²) >= 11 is 1.54. The standard InChI is InChI=1S/C20H27N7S.CH3NO/c1-12(2)27(6)19-14(4)18(22-17-11-13(3)25-26-17)23-20(24-19)28-16-9-7-15(21-5)8-10-16;2-1-3/h7-12,21H,1-6H3,(H2,22,23,24,25,26);1H,(H2,2,3). The van der Waals surface area contributed by atoms with Crippen LogP contribution in [0.25, 0.3) is 0 Å². The van der Waals surface area contributed by atoms with E-state index < -0.39 is 0 Å². The molecule has 2 heterocycles. The van der Waals surface area contributed by atoms with Gasteiger partial charge in [-0.05, 0) is 63.7 Å². The second-order valence-electron chi connectivity index (χ2n) is 7.08. The summed E-state index contributed by atoms with van der Waals surface area (Å²) in [4.78, 5) is 21.4. The SMILES string of the molecule is CNc1ccc(Sc2nc(Nc3cc(C)[nH]n3)c(C)c(N(C)C(C)C)n2)cc1.NC=O. The Morgan fingerprint density at radius 3 is 2.35 bits per heavy atom. The van der Waals surface area contributed by atoms with Gasteiger partial charge in [0.1, 0.15) is 11.6 Å². The Balaban J connectivity index is 0.00000107. The third-order valence-electron chi connectivity index (χ3n) is 4.51. The lowest BCUT2D eigenvalue weighted by Gasteiger charge is -2.25. The Bertz CT molecular complexity index is 988. The highest BCUT2D eigenvalue weighted by molar-refractivity contribution is 7.99. The van der Waals surface area contributed by atoms with Crippen LogP contribution < -0.4 is 21.3 Å². The number of anilines is 4. The number of nitrogens with one attached hydrogen (secondary N) is 3. The highest BCUT2D eigenvalue weighted by Crippen LogP contribution is 2.32. The molecule has 0 radical (unpaired) electrons. The molecule has 3 aromatic rings. The Labute approximate surface area is 187 Å². The van der Waals surface area contributed by atoms with Gasteiger partial charge >= 0.3 is 0 Å². The number of H-pyrrole nitrogens is 1. The zero-order valence-corrected chi connectivity index (χ0v) is 19.5. The van der Waals surface area contributed by atoms with Crippen molar-refractivity contribution in [3.05, 3.63) is 41.6 Å². The maximum atomic E-state index is 8.58. The van der Waals surface area contributed by atoms with Crippen molar-refractivity contribution < 1.29 is 4.79 Å². The number of rotatable bonds is 7. The quantitative estimate of drug-likeness (QED) is 0.322. The first kappa shape index (κ1) is 24.0. The second-order valence-corrected chi connectivity index (χ2v) is 8.12. The summed E-state index contributed by atoms with van der Waals surface area (Å²) in [5.41, 5.74) is 7.23. The third kappa shape index (κ3) is 6.61. The van der Waals surface area contributed by atoms with E-state index in [4.69, 9.17) is 14.8 Å². The minimum Gasteiger partial charge on any atom is -0.388 e. The largest absolute Gasteiger partial charge is 0.388 e. The number of hydrogen-bond acceptors (Lipinski definition) is 8. The molecule has 0 fully saturated rings. The smallest absolute Gasteiger partial charge is 0.204 e. The lowest BCUT2D eigenvalue weighted by molar-refractivity contribution is -0.106. The van der Waals surface area contributed by atoms with Crippen LogP contribution in [0.5, 0.6) is 0 Å². The van der Waals surface area contributed by atoms with E-state index in [-0.39, 0.29) is 6.41 Å². The molecular weight excluding hydrogens is 412 g/mol. The van der Waals surface area contributed by atoms with Gasteiger partial charge in [-0.2, -0.15) is 5.10 Å². The topological polar surface area (TPSA) is 125 Å². The highest BCUT2D eigenvalue weighted by atomic mass is 32.2. The maximum Gasteiger partial charge on any atom is 0.204 e. The molecule has 166 valence electrons. The van der Waals surface area contributed by atoms with E-state index in [2.05, 4.69) is 64.5 Å². The fourth-order valence-electron chi connectivity index (χ4n) is 2.64.